The Morgan fingerprint density at radius 1 is 1.13 bits per heavy atom. The van der Waals surface area contributed by atoms with E-state index in [9.17, 15) is 14.4 Å². The zero-order valence-electron chi connectivity index (χ0n) is 17.5. The fraction of sp³-hybridized carbons (Fsp3) is 0.429. The molecule has 0 unspecified atom stereocenters. The lowest BCUT2D eigenvalue weighted by molar-refractivity contribution is -0.129. The number of hydrogen-bond donors (Lipinski definition) is 0. The van der Waals surface area contributed by atoms with Crippen LogP contribution in [-0.4, -0.2) is 48.3 Å². The van der Waals surface area contributed by atoms with E-state index in [1.807, 2.05) is 33.7 Å². The molecule has 0 aliphatic carbocycles. The zero-order valence-corrected chi connectivity index (χ0v) is 19.9. The van der Waals surface area contributed by atoms with Crippen molar-refractivity contribution < 1.29 is 4.79 Å². The number of likely N-dealkylation sites (tertiary alicyclic amines) is 1. The monoisotopic (exact) mass is 505 g/mol. The van der Waals surface area contributed by atoms with Gasteiger partial charge in [0.2, 0.25) is 5.91 Å². The molecule has 1 aliphatic rings. The van der Waals surface area contributed by atoms with Crippen LogP contribution in [0.3, 0.4) is 0 Å². The third-order valence-electron chi connectivity index (χ3n) is 5.58. The number of thioether (sulfide) groups is 1. The number of carbonyl (C=O) groups excluding carboxylic acids is 1. The first-order chi connectivity index (χ1) is 14.9. The molecule has 3 aromatic rings. The molecule has 1 aromatic carbocycles. The molecule has 0 saturated carbocycles. The number of hydrogen-bond acceptors (Lipinski definition) is 5. The van der Waals surface area contributed by atoms with Gasteiger partial charge in [-0.15, -0.1) is 0 Å². The highest BCUT2D eigenvalue weighted by atomic mass is 79.9. The number of carbonyl (C=O) groups is 1. The van der Waals surface area contributed by atoms with E-state index in [1.54, 1.807) is 7.05 Å². The summed E-state index contributed by atoms with van der Waals surface area (Å²) >= 11 is 4.80. The molecule has 0 atom stereocenters. The molecule has 3 heterocycles. The molecule has 2 aromatic heterocycles. The molecule has 0 radical (unpaired) electrons. The van der Waals surface area contributed by atoms with Gasteiger partial charge in [0, 0.05) is 31.7 Å². The highest BCUT2D eigenvalue weighted by molar-refractivity contribution is 9.10. The Morgan fingerprint density at radius 3 is 2.58 bits per heavy atom. The molecular weight excluding hydrogens is 482 g/mol. The van der Waals surface area contributed by atoms with Gasteiger partial charge in [0.05, 0.1) is 12.3 Å². The smallest absolute Gasteiger partial charge is 0.332 e. The number of halogens is 1. The minimum absolute atomic E-state index is 0.0764. The van der Waals surface area contributed by atoms with Crippen LogP contribution in [0.4, 0.5) is 0 Å². The number of rotatable bonds is 5. The number of fused-ring (bicyclic) bond motifs is 1. The zero-order chi connectivity index (χ0) is 22.1. The predicted octanol–water partition coefficient (Wildman–Crippen LogP) is 2.35. The molecule has 164 valence electrons. The van der Waals surface area contributed by atoms with Crippen molar-refractivity contribution in [1.82, 2.24) is 23.6 Å². The van der Waals surface area contributed by atoms with Crippen molar-refractivity contribution in [2.75, 3.05) is 18.8 Å². The number of nitrogens with zero attached hydrogens (tertiary/aromatic N) is 5. The Bertz CT molecular complexity index is 1260. The maximum absolute atomic E-state index is 13.0. The van der Waals surface area contributed by atoms with Crippen molar-refractivity contribution in [3.05, 3.63) is 55.1 Å². The summed E-state index contributed by atoms with van der Waals surface area (Å²) < 4.78 is 5.22. The number of amides is 1. The highest BCUT2D eigenvalue weighted by Gasteiger charge is 2.22. The van der Waals surface area contributed by atoms with E-state index >= 15 is 0 Å². The molecule has 1 aliphatic heterocycles. The molecule has 8 nitrogen and oxygen atoms in total. The Labute approximate surface area is 192 Å². The van der Waals surface area contributed by atoms with Crippen LogP contribution in [0.2, 0.25) is 0 Å². The molecular formula is C21H24BrN5O3S. The van der Waals surface area contributed by atoms with E-state index < -0.39 is 11.2 Å². The first-order valence-electron chi connectivity index (χ1n) is 10.2. The molecule has 0 N–H and O–H groups in total. The minimum Gasteiger partial charge on any atom is -0.342 e. The van der Waals surface area contributed by atoms with E-state index in [-0.39, 0.29) is 11.7 Å². The van der Waals surface area contributed by atoms with E-state index in [1.165, 1.54) is 23.4 Å². The van der Waals surface area contributed by atoms with E-state index in [2.05, 4.69) is 20.9 Å². The Morgan fingerprint density at radius 2 is 1.87 bits per heavy atom. The second-order valence-corrected chi connectivity index (χ2v) is 9.58. The number of imidazole rings is 1. The molecule has 4 rings (SSSR count). The van der Waals surface area contributed by atoms with Gasteiger partial charge in [-0.05, 0) is 37.0 Å². The lowest BCUT2D eigenvalue weighted by atomic mass is 10.1. The van der Waals surface area contributed by atoms with Crippen molar-refractivity contribution in [2.24, 2.45) is 14.1 Å². The molecule has 10 heteroatoms. The van der Waals surface area contributed by atoms with Crippen molar-refractivity contribution >= 4 is 44.8 Å². The topological polar surface area (TPSA) is 82.1 Å². The fourth-order valence-corrected chi connectivity index (χ4v) is 5.21. The van der Waals surface area contributed by atoms with E-state index in [0.717, 1.165) is 47.0 Å². The van der Waals surface area contributed by atoms with Crippen LogP contribution in [0, 0.1) is 0 Å². The molecule has 1 fully saturated rings. The maximum Gasteiger partial charge on any atom is 0.332 e. The van der Waals surface area contributed by atoms with Crippen molar-refractivity contribution in [3.8, 4) is 0 Å². The summed E-state index contributed by atoms with van der Waals surface area (Å²) in [6.07, 6.45) is 3.24. The number of benzene rings is 1. The summed E-state index contributed by atoms with van der Waals surface area (Å²) in [7, 11) is 3.07. The highest BCUT2D eigenvalue weighted by Crippen LogP contribution is 2.24. The molecule has 1 amide bonds. The molecule has 0 spiro atoms. The number of aryl methyl sites for hydroxylation is 1. The Kier molecular flexibility index (Phi) is 6.38. The first kappa shape index (κ1) is 21.9. The number of aromatic nitrogens is 4. The average molecular weight is 506 g/mol. The third-order valence-corrected chi connectivity index (χ3v) is 7.03. The Hall–Kier alpha value is -2.33. The van der Waals surface area contributed by atoms with Gasteiger partial charge in [0.25, 0.3) is 5.56 Å². The number of piperidine rings is 1. The molecule has 1 saturated heterocycles. The summed E-state index contributed by atoms with van der Waals surface area (Å²) in [5.74, 6) is 0.323. The largest absolute Gasteiger partial charge is 0.342 e. The lowest BCUT2D eigenvalue weighted by Gasteiger charge is -2.26. The van der Waals surface area contributed by atoms with Gasteiger partial charge in [-0.25, -0.2) is 9.78 Å². The Balaban J connectivity index is 1.75. The van der Waals surface area contributed by atoms with Crippen LogP contribution < -0.4 is 11.2 Å². The van der Waals surface area contributed by atoms with Gasteiger partial charge in [-0.2, -0.15) is 0 Å². The normalized spacial score (nSPS) is 14.4. The summed E-state index contributed by atoms with van der Waals surface area (Å²) in [4.78, 5) is 44.6. The first-order valence-corrected chi connectivity index (χ1v) is 12.0. The SMILES string of the molecule is Cn1c(=O)c2c(nc(SCC(=O)N3CCCCC3)n2Cc2cccc(Br)c2)n(C)c1=O. The maximum atomic E-state index is 13.0. The summed E-state index contributed by atoms with van der Waals surface area (Å²) in [5.41, 5.74) is 0.850. The van der Waals surface area contributed by atoms with Crippen LogP contribution >= 0.6 is 27.7 Å². The second kappa shape index (κ2) is 9.04. The standard InChI is InChI=1S/C21H24BrN5O3S/c1-24-18-17(19(29)25(2)21(24)30)27(12-14-7-6-8-15(22)11-14)20(23-18)31-13-16(28)26-9-4-3-5-10-26/h6-8,11H,3-5,9-10,12-13H2,1-2H3. The summed E-state index contributed by atoms with van der Waals surface area (Å²) in [6.45, 7) is 2.00. The van der Waals surface area contributed by atoms with E-state index in [0.29, 0.717) is 22.9 Å². The van der Waals surface area contributed by atoms with Gasteiger partial charge < -0.3 is 9.47 Å². The molecule has 0 bridgehead atoms. The van der Waals surface area contributed by atoms with Gasteiger partial charge >= 0.3 is 5.69 Å². The van der Waals surface area contributed by atoms with Gasteiger partial charge in [-0.1, -0.05) is 39.8 Å². The quantitative estimate of drug-likeness (QED) is 0.497. The third kappa shape index (κ3) is 4.36. The van der Waals surface area contributed by atoms with Crippen molar-refractivity contribution in [3.63, 3.8) is 0 Å². The van der Waals surface area contributed by atoms with E-state index in [4.69, 9.17) is 0 Å². The van der Waals surface area contributed by atoms with Gasteiger partial charge in [-0.3, -0.25) is 18.7 Å². The minimum atomic E-state index is -0.425. The van der Waals surface area contributed by atoms with Crippen LogP contribution in [-0.2, 0) is 25.4 Å². The van der Waals surface area contributed by atoms with Crippen LogP contribution in [0.15, 0.2) is 43.5 Å². The van der Waals surface area contributed by atoms with Crippen LogP contribution in [0.5, 0.6) is 0 Å². The van der Waals surface area contributed by atoms with Crippen molar-refractivity contribution in [2.45, 2.75) is 31.0 Å². The predicted molar refractivity (Wildman–Crippen MR) is 125 cm³/mol. The fourth-order valence-electron chi connectivity index (χ4n) is 3.86. The molecule has 31 heavy (non-hydrogen) atoms. The summed E-state index contributed by atoms with van der Waals surface area (Å²) in [6, 6.07) is 7.81. The van der Waals surface area contributed by atoms with Crippen molar-refractivity contribution in [1.29, 1.82) is 0 Å². The van der Waals surface area contributed by atoms with Crippen LogP contribution in [0.1, 0.15) is 24.8 Å². The second-order valence-electron chi connectivity index (χ2n) is 7.72. The lowest BCUT2D eigenvalue weighted by Crippen LogP contribution is -2.37. The van der Waals surface area contributed by atoms with Gasteiger partial charge in [0.15, 0.2) is 16.3 Å². The van der Waals surface area contributed by atoms with Crippen LogP contribution in [0.25, 0.3) is 11.2 Å². The van der Waals surface area contributed by atoms with Gasteiger partial charge in [0.1, 0.15) is 0 Å². The summed E-state index contributed by atoms with van der Waals surface area (Å²) in [5, 5.41) is 0.554. The average Bonchev–Trinajstić information content (AvgIpc) is 3.13.